The normalized spacial score (nSPS) is 29.9. The summed E-state index contributed by atoms with van der Waals surface area (Å²) < 4.78 is 5.01. The van der Waals surface area contributed by atoms with E-state index in [1.54, 1.807) is 0 Å². The lowest BCUT2D eigenvalue weighted by molar-refractivity contribution is -0.152. The zero-order valence-corrected chi connectivity index (χ0v) is 12.1. The molecule has 3 rings (SSSR count). The highest BCUT2D eigenvalue weighted by molar-refractivity contribution is 5.73. The summed E-state index contributed by atoms with van der Waals surface area (Å²) in [5.41, 5.74) is 1.34. The second-order valence-electron chi connectivity index (χ2n) is 6.02. The van der Waals surface area contributed by atoms with Gasteiger partial charge in [-0.05, 0) is 31.2 Å². The zero-order chi connectivity index (χ0) is 13.9. The fourth-order valence-corrected chi connectivity index (χ4v) is 3.94. The van der Waals surface area contributed by atoms with E-state index in [0.29, 0.717) is 12.1 Å². The Morgan fingerprint density at radius 1 is 1.20 bits per heavy atom. The molecule has 0 aliphatic carbocycles. The first-order chi connectivity index (χ1) is 9.79. The molecular weight excluding hydrogens is 250 g/mol. The number of ether oxygens (including phenoxy) is 1. The molecule has 20 heavy (non-hydrogen) atoms. The predicted molar refractivity (Wildman–Crippen MR) is 78.2 cm³/mol. The van der Waals surface area contributed by atoms with E-state index in [2.05, 4.69) is 35.2 Å². The summed E-state index contributed by atoms with van der Waals surface area (Å²) in [6.07, 6.45) is 5.77. The van der Waals surface area contributed by atoms with Crippen molar-refractivity contribution in [2.24, 2.45) is 5.92 Å². The fraction of sp³-hybridized carbons (Fsp3) is 0.588. The van der Waals surface area contributed by atoms with Gasteiger partial charge in [0.1, 0.15) is 0 Å². The molecule has 0 radical (unpaired) electrons. The van der Waals surface area contributed by atoms with Crippen molar-refractivity contribution in [1.29, 1.82) is 0 Å². The molecule has 3 atom stereocenters. The standard InChI is InChI=1S/C17H23NO2/c1-20-17(19)15-11-10-14-8-5-9-16(15)18(14)12-13-6-3-2-4-7-13/h2-4,6-7,14-16H,5,8-12H2,1H3/t14-,15+,16+/m1/s1. The van der Waals surface area contributed by atoms with Crippen LogP contribution < -0.4 is 0 Å². The molecule has 3 heteroatoms. The molecular formula is C17H23NO2. The number of fused-ring (bicyclic) bond motifs is 2. The maximum absolute atomic E-state index is 12.0. The number of esters is 1. The molecule has 2 aliphatic rings. The fourth-order valence-electron chi connectivity index (χ4n) is 3.94. The topological polar surface area (TPSA) is 29.5 Å². The number of carbonyl (C=O) groups is 1. The van der Waals surface area contributed by atoms with Gasteiger partial charge in [-0.3, -0.25) is 9.69 Å². The van der Waals surface area contributed by atoms with Crippen LogP contribution in [0.2, 0.25) is 0 Å². The van der Waals surface area contributed by atoms with Crippen LogP contribution >= 0.6 is 0 Å². The molecule has 2 fully saturated rings. The van der Waals surface area contributed by atoms with E-state index >= 15 is 0 Å². The molecule has 2 bridgehead atoms. The smallest absolute Gasteiger partial charge is 0.310 e. The third-order valence-corrected chi connectivity index (χ3v) is 4.92. The molecule has 108 valence electrons. The van der Waals surface area contributed by atoms with Crippen molar-refractivity contribution in [1.82, 2.24) is 4.90 Å². The van der Waals surface area contributed by atoms with Crippen molar-refractivity contribution in [2.45, 2.75) is 50.7 Å². The largest absolute Gasteiger partial charge is 0.469 e. The summed E-state index contributed by atoms with van der Waals surface area (Å²) in [5.74, 6) is 0.0497. The van der Waals surface area contributed by atoms with E-state index in [1.807, 2.05) is 0 Å². The molecule has 2 saturated heterocycles. The highest BCUT2D eigenvalue weighted by Gasteiger charge is 2.43. The molecule has 0 N–H and O–H groups in total. The Morgan fingerprint density at radius 2 is 2.00 bits per heavy atom. The van der Waals surface area contributed by atoms with Gasteiger partial charge in [0.15, 0.2) is 0 Å². The van der Waals surface area contributed by atoms with E-state index in [0.717, 1.165) is 25.8 Å². The van der Waals surface area contributed by atoms with Crippen molar-refractivity contribution in [3.8, 4) is 0 Å². The number of benzene rings is 1. The van der Waals surface area contributed by atoms with Gasteiger partial charge in [-0.25, -0.2) is 0 Å². The van der Waals surface area contributed by atoms with Gasteiger partial charge in [0.05, 0.1) is 13.0 Å². The molecule has 0 unspecified atom stereocenters. The van der Waals surface area contributed by atoms with Gasteiger partial charge in [0.2, 0.25) is 0 Å². The van der Waals surface area contributed by atoms with Gasteiger partial charge < -0.3 is 4.74 Å². The summed E-state index contributed by atoms with van der Waals surface area (Å²) in [5, 5.41) is 0. The zero-order valence-electron chi connectivity index (χ0n) is 12.1. The van der Waals surface area contributed by atoms with Gasteiger partial charge in [0, 0.05) is 18.6 Å². The number of piperidine rings is 2. The van der Waals surface area contributed by atoms with Crippen LogP contribution in [0.4, 0.5) is 0 Å². The van der Waals surface area contributed by atoms with Crippen LogP contribution in [0, 0.1) is 5.92 Å². The number of carbonyl (C=O) groups excluding carboxylic acids is 1. The number of hydrogen-bond acceptors (Lipinski definition) is 3. The first kappa shape index (κ1) is 13.6. The van der Waals surface area contributed by atoms with Gasteiger partial charge >= 0.3 is 5.97 Å². The predicted octanol–water partition coefficient (Wildman–Crippen LogP) is 2.99. The van der Waals surface area contributed by atoms with Crippen LogP contribution in [-0.4, -0.2) is 30.1 Å². The molecule has 3 nitrogen and oxygen atoms in total. The number of methoxy groups -OCH3 is 1. The summed E-state index contributed by atoms with van der Waals surface area (Å²) in [6, 6.07) is 11.6. The Hall–Kier alpha value is -1.35. The van der Waals surface area contributed by atoms with Crippen molar-refractivity contribution < 1.29 is 9.53 Å². The second-order valence-corrected chi connectivity index (χ2v) is 6.02. The molecule has 0 amide bonds. The highest BCUT2D eigenvalue weighted by atomic mass is 16.5. The summed E-state index contributed by atoms with van der Waals surface area (Å²) in [7, 11) is 1.51. The maximum Gasteiger partial charge on any atom is 0.310 e. The lowest BCUT2D eigenvalue weighted by Gasteiger charge is -2.49. The average Bonchev–Trinajstić information content (AvgIpc) is 2.48. The van der Waals surface area contributed by atoms with E-state index in [9.17, 15) is 4.79 Å². The minimum absolute atomic E-state index is 0.0200. The van der Waals surface area contributed by atoms with Crippen LogP contribution in [0.3, 0.4) is 0 Å². The molecule has 1 aromatic carbocycles. The third kappa shape index (κ3) is 2.59. The van der Waals surface area contributed by atoms with Gasteiger partial charge in [0.25, 0.3) is 0 Å². The Kier molecular flexibility index (Phi) is 4.06. The van der Waals surface area contributed by atoms with Crippen molar-refractivity contribution in [2.75, 3.05) is 7.11 Å². The number of nitrogens with zero attached hydrogens (tertiary/aromatic N) is 1. The Bertz CT molecular complexity index is 459. The summed E-state index contributed by atoms with van der Waals surface area (Å²) in [4.78, 5) is 14.6. The van der Waals surface area contributed by atoms with Crippen LogP contribution in [0.5, 0.6) is 0 Å². The SMILES string of the molecule is COC(=O)[C@H]1CC[C@H]2CCC[C@@H]1N2Cc1ccccc1. The van der Waals surface area contributed by atoms with Crippen LogP contribution in [0.25, 0.3) is 0 Å². The van der Waals surface area contributed by atoms with Gasteiger partial charge in [-0.2, -0.15) is 0 Å². The van der Waals surface area contributed by atoms with E-state index in [1.165, 1.54) is 25.5 Å². The number of rotatable bonds is 3. The van der Waals surface area contributed by atoms with Crippen molar-refractivity contribution >= 4 is 5.97 Å². The Labute approximate surface area is 120 Å². The minimum Gasteiger partial charge on any atom is -0.469 e. The molecule has 0 aromatic heterocycles. The average molecular weight is 273 g/mol. The first-order valence-corrected chi connectivity index (χ1v) is 7.67. The summed E-state index contributed by atoms with van der Waals surface area (Å²) in [6.45, 7) is 0.962. The quantitative estimate of drug-likeness (QED) is 0.793. The number of hydrogen-bond donors (Lipinski definition) is 0. The lowest BCUT2D eigenvalue weighted by Crippen LogP contribution is -2.55. The van der Waals surface area contributed by atoms with Gasteiger partial charge in [-0.15, -0.1) is 0 Å². The van der Waals surface area contributed by atoms with Crippen LogP contribution in [0.1, 0.15) is 37.7 Å². The van der Waals surface area contributed by atoms with Crippen LogP contribution in [0.15, 0.2) is 30.3 Å². The Balaban J connectivity index is 1.79. The Morgan fingerprint density at radius 3 is 2.75 bits per heavy atom. The van der Waals surface area contributed by atoms with E-state index in [-0.39, 0.29) is 11.9 Å². The minimum atomic E-state index is -0.0200. The van der Waals surface area contributed by atoms with Crippen molar-refractivity contribution in [3.05, 3.63) is 35.9 Å². The summed E-state index contributed by atoms with van der Waals surface area (Å²) >= 11 is 0. The van der Waals surface area contributed by atoms with Crippen molar-refractivity contribution in [3.63, 3.8) is 0 Å². The molecule has 1 aromatic rings. The first-order valence-electron chi connectivity index (χ1n) is 7.67. The van der Waals surface area contributed by atoms with E-state index < -0.39 is 0 Å². The van der Waals surface area contributed by atoms with Gasteiger partial charge in [-0.1, -0.05) is 36.8 Å². The molecule has 2 heterocycles. The highest BCUT2D eigenvalue weighted by Crippen LogP contribution is 2.38. The third-order valence-electron chi connectivity index (χ3n) is 4.92. The lowest BCUT2D eigenvalue weighted by atomic mass is 9.77. The molecule has 2 aliphatic heterocycles. The molecule has 0 saturated carbocycles. The monoisotopic (exact) mass is 273 g/mol. The second kappa shape index (κ2) is 5.96. The maximum atomic E-state index is 12.0. The van der Waals surface area contributed by atoms with E-state index in [4.69, 9.17) is 4.74 Å². The molecule has 0 spiro atoms. The van der Waals surface area contributed by atoms with Crippen LogP contribution in [-0.2, 0) is 16.1 Å².